The van der Waals surface area contributed by atoms with Gasteiger partial charge in [-0.15, -0.1) is 0 Å². The van der Waals surface area contributed by atoms with Gasteiger partial charge in [0.1, 0.15) is 17.9 Å². The molecule has 0 amide bonds. The van der Waals surface area contributed by atoms with Gasteiger partial charge in [0.05, 0.1) is 11.3 Å². The van der Waals surface area contributed by atoms with Crippen molar-refractivity contribution in [3.8, 4) is 5.75 Å². The van der Waals surface area contributed by atoms with Crippen molar-refractivity contribution >= 4 is 22.7 Å². The lowest BCUT2D eigenvalue weighted by atomic mass is 10.0. The van der Waals surface area contributed by atoms with Gasteiger partial charge in [-0.2, -0.15) is 0 Å². The number of carboxylic acids is 1. The Morgan fingerprint density at radius 1 is 1.28 bits per heavy atom. The van der Waals surface area contributed by atoms with E-state index in [1.807, 2.05) is 13.8 Å². The molecular weight excluding hydrogens is 324 g/mol. The van der Waals surface area contributed by atoms with E-state index in [1.54, 1.807) is 12.1 Å². The van der Waals surface area contributed by atoms with E-state index in [0.29, 0.717) is 23.1 Å². The first kappa shape index (κ1) is 18.7. The number of fused-ring (bicyclic) bond motifs is 1. The van der Waals surface area contributed by atoms with Gasteiger partial charge in [-0.3, -0.25) is 9.59 Å². The van der Waals surface area contributed by atoms with Gasteiger partial charge >= 0.3 is 11.6 Å². The third kappa shape index (κ3) is 4.68. The zero-order valence-electron chi connectivity index (χ0n) is 14.6. The predicted octanol–water partition coefficient (Wildman–Crippen LogP) is 3.11. The van der Waals surface area contributed by atoms with Gasteiger partial charge in [0.15, 0.2) is 5.78 Å². The van der Waals surface area contributed by atoms with Gasteiger partial charge in [0, 0.05) is 12.5 Å². The Labute approximate surface area is 145 Å². The number of carbonyl (C=O) groups is 2. The number of benzene rings is 1. The van der Waals surface area contributed by atoms with Gasteiger partial charge in [-0.25, -0.2) is 4.79 Å². The summed E-state index contributed by atoms with van der Waals surface area (Å²) in [7, 11) is 0. The second-order valence-electron chi connectivity index (χ2n) is 6.25. The topological polar surface area (TPSA) is 93.8 Å². The second kappa shape index (κ2) is 7.96. The van der Waals surface area contributed by atoms with Crippen molar-refractivity contribution in [2.45, 2.75) is 40.0 Å². The highest BCUT2D eigenvalue weighted by molar-refractivity contribution is 5.89. The van der Waals surface area contributed by atoms with Gasteiger partial charge in [-0.05, 0) is 36.6 Å². The Kier molecular flexibility index (Phi) is 5.96. The third-order valence-electron chi connectivity index (χ3n) is 3.90. The Balaban J connectivity index is 2.32. The van der Waals surface area contributed by atoms with Crippen molar-refractivity contribution in [2.75, 3.05) is 6.61 Å². The molecule has 0 saturated carbocycles. The lowest BCUT2D eigenvalue weighted by molar-refractivity contribution is -0.143. The Hall–Kier alpha value is -2.63. The molecule has 0 aliphatic carbocycles. The summed E-state index contributed by atoms with van der Waals surface area (Å²) in [6.07, 6.45) is 1.45. The molecule has 0 fully saturated rings. The van der Waals surface area contributed by atoms with E-state index in [9.17, 15) is 14.4 Å². The summed E-state index contributed by atoms with van der Waals surface area (Å²) in [4.78, 5) is 34.5. The fourth-order valence-electron chi connectivity index (χ4n) is 2.70. The number of aliphatic carboxylic acids is 1. The molecule has 0 unspecified atom stereocenters. The van der Waals surface area contributed by atoms with Crippen LogP contribution in [0.1, 0.15) is 37.8 Å². The van der Waals surface area contributed by atoms with E-state index in [0.717, 1.165) is 17.5 Å². The van der Waals surface area contributed by atoms with Crippen molar-refractivity contribution in [1.29, 1.82) is 0 Å². The predicted molar refractivity (Wildman–Crippen MR) is 93.1 cm³/mol. The number of ether oxygens (including phenoxy) is 1. The van der Waals surface area contributed by atoms with Crippen LogP contribution < -0.4 is 10.4 Å². The molecule has 0 radical (unpaired) electrons. The van der Waals surface area contributed by atoms with Crippen molar-refractivity contribution in [1.82, 2.24) is 0 Å². The number of hydrogen-bond donors (Lipinski definition) is 1. The molecule has 1 heterocycles. The highest BCUT2D eigenvalue weighted by atomic mass is 16.5. The first-order valence-electron chi connectivity index (χ1n) is 8.26. The fraction of sp³-hybridized carbons (Fsp3) is 0.421. The maximum absolute atomic E-state index is 12.0. The SMILES string of the molecule is CCCc1cc(=O)oc2cc(C)cc(OCC(=O)C[C@@H](C)C(=O)O)c12. The molecule has 1 atom stereocenters. The normalized spacial score (nSPS) is 12.1. The zero-order chi connectivity index (χ0) is 18.6. The molecule has 1 N–H and O–H groups in total. The van der Waals surface area contributed by atoms with Gasteiger partial charge in [0.2, 0.25) is 0 Å². The highest BCUT2D eigenvalue weighted by Crippen LogP contribution is 2.30. The fourth-order valence-corrected chi connectivity index (χ4v) is 2.70. The zero-order valence-corrected chi connectivity index (χ0v) is 14.6. The van der Waals surface area contributed by atoms with Crippen molar-refractivity contribution in [2.24, 2.45) is 5.92 Å². The number of Topliss-reactive ketones (excluding diaryl/α,β-unsaturated/α-hetero) is 1. The van der Waals surface area contributed by atoms with E-state index >= 15 is 0 Å². The average molecular weight is 346 g/mol. The van der Waals surface area contributed by atoms with E-state index in [2.05, 4.69) is 0 Å². The van der Waals surface area contributed by atoms with Crippen LogP contribution in [0.15, 0.2) is 27.4 Å². The average Bonchev–Trinajstić information content (AvgIpc) is 2.51. The van der Waals surface area contributed by atoms with E-state index in [-0.39, 0.29) is 18.8 Å². The molecule has 1 aromatic carbocycles. The van der Waals surface area contributed by atoms with E-state index < -0.39 is 17.5 Å². The molecule has 2 aromatic rings. The smallest absolute Gasteiger partial charge is 0.336 e. The molecule has 0 aliphatic rings. The molecule has 0 bridgehead atoms. The maximum atomic E-state index is 12.0. The second-order valence-corrected chi connectivity index (χ2v) is 6.25. The van der Waals surface area contributed by atoms with Crippen LogP contribution in [0.3, 0.4) is 0 Å². The molecule has 1 aromatic heterocycles. The Morgan fingerprint density at radius 2 is 2.00 bits per heavy atom. The number of aryl methyl sites for hydroxylation is 2. The van der Waals surface area contributed by atoms with E-state index in [4.69, 9.17) is 14.3 Å². The quantitative estimate of drug-likeness (QED) is 0.738. The van der Waals surface area contributed by atoms with Crippen LogP contribution in [0.5, 0.6) is 5.75 Å². The minimum atomic E-state index is -1.01. The molecular formula is C19H22O6. The molecule has 134 valence electrons. The summed E-state index contributed by atoms with van der Waals surface area (Å²) in [5.74, 6) is -1.59. The van der Waals surface area contributed by atoms with Crippen LogP contribution in [0.2, 0.25) is 0 Å². The molecule has 6 nitrogen and oxygen atoms in total. The summed E-state index contributed by atoms with van der Waals surface area (Å²) in [5, 5.41) is 9.57. The molecule has 0 aliphatic heterocycles. The van der Waals surface area contributed by atoms with Gasteiger partial charge in [0.25, 0.3) is 0 Å². The van der Waals surface area contributed by atoms with Crippen LogP contribution in [0, 0.1) is 12.8 Å². The number of ketones is 1. The van der Waals surface area contributed by atoms with Gasteiger partial charge < -0.3 is 14.3 Å². The Bertz CT molecular complexity index is 849. The van der Waals surface area contributed by atoms with Crippen LogP contribution >= 0.6 is 0 Å². The number of carboxylic acid groups (broad SMARTS) is 1. The maximum Gasteiger partial charge on any atom is 0.336 e. The Morgan fingerprint density at radius 3 is 2.64 bits per heavy atom. The monoisotopic (exact) mass is 346 g/mol. The standard InChI is InChI=1S/C19H22O6/c1-4-5-13-9-17(21)25-16-7-11(2)6-15(18(13)16)24-10-14(20)8-12(3)19(22)23/h6-7,9,12H,4-5,8,10H2,1-3H3,(H,22,23)/t12-/m1/s1. The van der Waals surface area contributed by atoms with Crippen molar-refractivity contribution in [3.05, 3.63) is 39.7 Å². The largest absolute Gasteiger partial charge is 0.485 e. The number of hydrogen-bond acceptors (Lipinski definition) is 5. The van der Waals surface area contributed by atoms with Crippen LogP contribution in [0.25, 0.3) is 11.0 Å². The third-order valence-corrected chi connectivity index (χ3v) is 3.90. The summed E-state index contributed by atoms with van der Waals surface area (Å²) in [5.41, 5.74) is 1.66. The number of carbonyl (C=O) groups excluding carboxylic acids is 1. The van der Waals surface area contributed by atoms with Crippen LogP contribution in [-0.4, -0.2) is 23.5 Å². The number of rotatable bonds is 8. The van der Waals surface area contributed by atoms with Crippen molar-refractivity contribution < 1.29 is 23.8 Å². The first-order valence-corrected chi connectivity index (χ1v) is 8.26. The molecule has 0 spiro atoms. The molecule has 6 heteroatoms. The first-order chi connectivity index (χ1) is 11.8. The summed E-state index contributed by atoms with van der Waals surface area (Å²) in [6, 6.07) is 4.99. The summed E-state index contributed by atoms with van der Waals surface area (Å²) < 4.78 is 10.9. The van der Waals surface area contributed by atoms with Gasteiger partial charge in [-0.1, -0.05) is 20.3 Å². The lowest BCUT2D eigenvalue weighted by Crippen LogP contribution is -2.19. The van der Waals surface area contributed by atoms with E-state index in [1.165, 1.54) is 13.0 Å². The highest BCUT2D eigenvalue weighted by Gasteiger charge is 2.17. The van der Waals surface area contributed by atoms with Crippen LogP contribution in [-0.2, 0) is 16.0 Å². The molecule has 2 rings (SSSR count). The molecule has 25 heavy (non-hydrogen) atoms. The lowest BCUT2D eigenvalue weighted by Gasteiger charge is -2.13. The minimum Gasteiger partial charge on any atom is -0.485 e. The molecule has 0 saturated heterocycles. The summed E-state index contributed by atoms with van der Waals surface area (Å²) >= 11 is 0. The summed E-state index contributed by atoms with van der Waals surface area (Å²) in [6.45, 7) is 5.11. The minimum absolute atomic E-state index is 0.0873. The van der Waals surface area contributed by atoms with Crippen molar-refractivity contribution in [3.63, 3.8) is 0 Å². The van der Waals surface area contributed by atoms with Crippen LogP contribution in [0.4, 0.5) is 0 Å².